The highest BCUT2D eigenvalue weighted by molar-refractivity contribution is 6.34. The molecular formula is C23H14ClN3O7. The van der Waals surface area contributed by atoms with Crippen molar-refractivity contribution in [2.75, 3.05) is 0 Å². The number of hydrogen-bond donors (Lipinski definition) is 0. The Kier molecular flexibility index (Phi) is 6.33. The molecule has 0 aromatic heterocycles. The van der Waals surface area contributed by atoms with E-state index in [4.69, 9.17) is 21.1 Å². The Balaban J connectivity index is 1.58. The average molecular weight is 480 g/mol. The molecule has 170 valence electrons. The number of para-hydroxylation sites is 1. The van der Waals surface area contributed by atoms with E-state index >= 15 is 0 Å². The third-order valence-corrected chi connectivity index (χ3v) is 5.05. The number of nitro groups is 2. The van der Waals surface area contributed by atoms with Crippen molar-refractivity contribution in [3.63, 3.8) is 0 Å². The zero-order valence-corrected chi connectivity index (χ0v) is 18.0. The number of carbonyl (C=O) groups is 1. The molecule has 0 atom stereocenters. The van der Waals surface area contributed by atoms with Crippen molar-refractivity contribution in [2.24, 2.45) is 4.99 Å². The molecule has 34 heavy (non-hydrogen) atoms. The minimum Gasteiger partial charge on any atom is -0.488 e. The quantitative estimate of drug-likeness (QED) is 0.199. The molecule has 0 amide bonds. The van der Waals surface area contributed by atoms with E-state index in [9.17, 15) is 25.0 Å². The summed E-state index contributed by atoms with van der Waals surface area (Å²) in [6.07, 6.45) is 1.47. The molecule has 11 heteroatoms. The van der Waals surface area contributed by atoms with Gasteiger partial charge in [0.15, 0.2) is 5.70 Å². The van der Waals surface area contributed by atoms with E-state index in [1.54, 1.807) is 36.4 Å². The maximum atomic E-state index is 12.4. The number of cyclic esters (lactones) is 1. The molecule has 0 radical (unpaired) electrons. The van der Waals surface area contributed by atoms with Crippen molar-refractivity contribution in [2.45, 2.75) is 6.61 Å². The molecule has 0 saturated heterocycles. The van der Waals surface area contributed by atoms with Crippen LogP contribution >= 0.6 is 11.6 Å². The van der Waals surface area contributed by atoms with Gasteiger partial charge in [0.05, 0.1) is 20.4 Å². The fourth-order valence-electron chi connectivity index (χ4n) is 3.11. The number of nitro benzene ring substituents is 2. The lowest BCUT2D eigenvalue weighted by molar-refractivity contribution is -0.385. The summed E-state index contributed by atoms with van der Waals surface area (Å²) in [5.41, 5.74) is 1.10. The van der Waals surface area contributed by atoms with Gasteiger partial charge in [-0.1, -0.05) is 41.9 Å². The summed E-state index contributed by atoms with van der Waals surface area (Å²) in [7, 11) is 0. The number of halogens is 1. The molecule has 0 spiro atoms. The average Bonchev–Trinajstić information content (AvgIpc) is 3.18. The minimum absolute atomic E-state index is 0.0164. The molecule has 4 rings (SSSR count). The number of hydrogen-bond acceptors (Lipinski definition) is 8. The second kappa shape index (κ2) is 9.51. The van der Waals surface area contributed by atoms with Crippen LogP contribution in [0.4, 0.5) is 11.4 Å². The third-order valence-electron chi connectivity index (χ3n) is 4.74. The molecule has 1 aliphatic heterocycles. The zero-order chi connectivity index (χ0) is 24.2. The van der Waals surface area contributed by atoms with Crippen LogP contribution in [0.5, 0.6) is 5.75 Å². The van der Waals surface area contributed by atoms with Gasteiger partial charge in [-0.3, -0.25) is 20.2 Å². The van der Waals surface area contributed by atoms with Gasteiger partial charge in [0.25, 0.3) is 11.4 Å². The van der Waals surface area contributed by atoms with E-state index in [0.29, 0.717) is 16.9 Å². The summed E-state index contributed by atoms with van der Waals surface area (Å²) in [6, 6.07) is 16.7. The SMILES string of the molecule is O=C1OC(c2ccc([N+](=O)[O-])cc2Cl)=N/C1=C\c1ccccc1OCc1cccc([N+](=O)[O-])c1. The van der Waals surface area contributed by atoms with E-state index in [2.05, 4.69) is 4.99 Å². The fraction of sp³-hybridized carbons (Fsp3) is 0.0435. The Hall–Kier alpha value is -4.57. The molecule has 0 aliphatic carbocycles. The molecule has 0 unspecified atom stereocenters. The summed E-state index contributed by atoms with van der Waals surface area (Å²) in [5.74, 6) is -0.379. The van der Waals surface area contributed by atoms with Gasteiger partial charge in [-0.25, -0.2) is 9.79 Å². The van der Waals surface area contributed by atoms with Crippen LogP contribution in [0.2, 0.25) is 5.02 Å². The molecule has 0 N–H and O–H groups in total. The number of carbonyl (C=O) groups excluding carboxylic acids is 1. The Morgan fingerprint density at radius 3 is 2.44 bits per heavy atom. The molecule has 1 heterocycles. The summed E-state index contributed by atoms with van der Waals surface area (Å²) in [5, 5.41) is 21.9. The summed E-state index contributed by atoms with van der Waals surface area (Å²) < 4.78 is 11.0. The van der Waals surface area contributed by atoms with Gasteiger partial charge >= 0.3 is 5.97 Å². The molecular weight excluding hydrogens is 466 g/mol. The predicted molar refractivity (Wildman–Crippen MR) is 123 cm³/mol. The van der Waals surface area contributed by atoms with Gasteiger partial charge in [0, 0.05) is 29.8 Å². The summed E-state index contributed by atoms with van der Waals surface area (Å²) in [6.45, 7) is 0.0687. The van der Waals surface area contributed by atoms with Crippen LogP contribution in [-0.4, -0.2) is 21.7 Å². The van der Waals surface area contributed by atoms with Crippen molar-refractivity contribution >= 4 is 40.9 Å². The topological polar surface area (TPSA) is 134 Å². The van der Waals surface area contributed by atoms with Crippen LogP contribution in [-0.2, 0) is 16.1 Å². The minimum atomic E-state index is -0.724. The standard InChI is InChI=1S/C23H14ClN3O7/c24-19-12-17(27(31)32)8-9-18(19)22-25-20(23(28)34-22)11-15-5-1-2-7-21(15)33-13-14-4-3-6-16(10-14)26(29)30/h1-12H,13H2/b20-11-. The Bertz CT molecular complexity index is 1380. The fourth-order valence-corrected chi connectivity index (χ4v) is 3.37. The summed E-state index contributed by atoms with van der Waals surface area (Å²) in [4.78, 5) is 37.3. The molecule has 1 aliphatic rings. The lowest BCUT2D eigenvalue weighted by Crippen LogP contribution is -2.06. The molecule has 3 aromatic carbocycles. The lowest BCUT2D eigenvalue weighted by Gasteiger charge is -2.09. The molecule has 0 fully saturated rings. The normalized spacial score (nSPS) is 14.0. The van der Waals surface area contributed by atoms with Crippen molar-refractivity contribution in [1.82, 2.24) is 0 Å². The van der Waals surface area contributed by atoms with Crippen LogP contribution in [0.25, 0.3) is 6.08 Å². The summed E-state index contributed by atoms with van der Waals surface area (Å²) >= 11 is 6.11. The van der Waals surface area contributed by atoms with E-state index in [0.717, 1.165) is 6.07 Å². The van der Waals surface area contributed by atoms with E-state index in [1.807, 2.05) is 0 Å². The number of non-ortho nitro benzene ring substituents is 2. The van der Waals surface area contributed by atoms with Crippen LogP contribution < -0.4 is 4.74 Å². The smallest absolute Gasteiger partial charge is 0.363 e. The second-order valence-electron chi connectivity index (χ2n) is 7.01. The van der Waals surface area contributed by atoms with Gasteiger partial charge in [-0.15, -0.1) is 0 Å². The monoisotopic (exact) mass is 479 g/mol. The van der Waals surface area contributed by atoms with E-state index in [1.165, 1.54) is 30.3 Å². The molecule has 3 aromatic rings. The van der Waals surface area contributed by atoms with Crippen LogP contribution in [0.3, 0.4) is 0 Å². The molecule has 10 nitrogen and oxygen atoms in total. The molecule has 0 bridgehead atoms. The van der Waals surface area contributed by atoms with Crippen molar-refractivity contribution in [1.29, 1.82) is 0 Å². The van der Waals surface area contributed by atoms with Gasteiger partial charge in [-0.2, -0.15) is 0 Å². The highest BCUT2D eigenvalue weighted by Gasteiger charge is 2.27. The van der Waals surface area contributed by atoms with Crippen LogP contribution in [0, 0.1) is 20.2 Å². The number of benzene rings is 3. The Morgan fingerprint density at radius 1 is 0.971 bits per heavy atom. The molecule has 0 saturated carbocycles. The Morgan fingerprint density at radius 2 is 1.71 bits per heavy atom. The van der Waals surface area contributed by atoms with E-state index < -0.39 is 15.8 Å². The zero-order valence-electron chi connectivity index (χ0n) is 17.2. The number of aliphatic imine (C=N–C) groups is 1. The van der Waals surface area contributed by atoms with Gasteiger partial charge in [0.2, 0.25) is 5.90 Å². The third kappa shape index (κ3) is 4.92. The number of rotatable bonds is 7. The number of ether oxygens (including phenoxy) is 2. The second-order valence-corrected chi connectivity index (χ2v) is 7.42. The Labute approximate surface area is 197 Å². The van der Waals surface area contributed by atoms with E-state index in [-0.39, 0.29) is 40.2 Å². The number of nitrogens with zero attached hydrogens (tertiary/aromatic N) is 3. The first kappa shape index (κ1) is 22.6. The maximum Gasteiger partial charge on any atom is 0.363 e. The first-order valence-electron chi connectivity index (χ1n) is 9.74. The van der Waals surface area contributed by atoms with Gasteiger partial charge in [0.1, 0.15) is 12.4 Å². The van der Waals surface area contributed by atoms with Crippen molar-refractivity contribution in [3.8, 4) is 5.75 Å². The number of esters is 1. The van der Waals surface area contributed by atoms with Gasteiger partial charge < -0.3 is 9.47 Å². The largest absolute Gasteiger partial charge is 0.488 e. The van der Waals surface area contributed by atoms with Crippen molar-refractivity contribution < 1.29 is 24.1 Å². The highest BCUT2D eigenvalue weighted by Crippen LogP contribution is 2.29. The first-order valence-corrected chi connectivity index (χ1v) is 10.1. The van der Waals surface area contributed by atoms with Crippen LogP contribution in [0.1, 0.15) is 16.7 Å². The van der Waals surface area contributed by atoms with Crippen molar-refractivity contribution in [3.05, 3.63) is 114 Å². The maximum absolute atomic E-state index is 12.4. The van der Waals surface area contributed by atoms with Crippen LogP contribution in [0.15, 0.2) is 77.4 Å². The first-order chi connectivity index (χ1) is 16.3. The van der Waals surface area contributed by atoms with Gasteiger partial charge in [-0.05, 0) is 23.8 Å². The highest BCUT2D eigenvalue weighted by atomic mass is 35.5. The predicted octanol–water partition coefficient (Wildman–Crippen LogP) is 5.08. The lowest BCUT2D eigenvalue weighted by atomic mass is 10.1.